The fraction of sp³-hybridized carbons (Fsp3) is 0.125. The Morgan fingerprint density at radius 3 is 2.67 bits per heavy atom. The second-order valence-corrected chi connectivity index (χ2v) is 2.83. The van der Waals surface area contributed by atoms with Gasteiger partial charge in [-0.15, -0.1) is 0 Å². The molecule has 0 aliphatic heterocycles. The Hall–Kier alpha value is -1.74. The van der Waals surface area contributed by atoms with E-state index < -0.39 is 34.2 Å². The molecule has 15 heavy (non-hydrogen) atoms. The molecule has 1 rings (SSSR count). The molecule has 0 aromatic carbocycles. The summed E-state index contributed by atoms with van der Waals surface area (Å²) >= 11 is 5.34. The maximum absolute atomic E-state index is 12.5. The number of hydrogen-bond donors (Lipinski definition) is 1. The topological polar surface area (TPSA) is 74.0 Å². The summed E-state index contributed by atoms with van der Waals surface area (Å²) in [6.07, 6.45) is -2.27. The third-order valence-corrected chi connectivity index (χ3v) is 1.93. The van der Waals surface area contributed by atoms with Crippen LogP contribution in [0.3, 0.4) is 0 Å². The number of halogens is 3. The van der Waals surface area contributed by atoms with Crippen molar-refractivity contribution in [2.45, 2.75) is 6.43 Å². The van der Waals surface area contributed by atoms with Gasteiger partial charge in [0.25, 0.3) is 6.43 Å². The van der Waals surface area contributed by atoms with E-state index in [0.29, 0.717) is 0 Å². The van der Waals surface area contributed by atoms with Crippen LogP contribution in [0.2, 0.25) is 5.15 Å². The largest absolute Gasteiger partial charge is 0.478 e. The number of rotatable bonds is 2. The Bertz CT molecular complexity index is 457. The van der Waals surface area contributed by atoms with E-state index in [1.165, 1.54) is 6.07 Å². The molecule has 0 aliphatic carbocycles. The Labute approximate surface area is 87.7 Å². The Morgan fingerprint density at radius 2 is 2.27 bits per heavy atom. The van der Waals surface area contributed by atoms with Gasteiger partial charge in [-0.3, -0.25) is 0 Å². The first-order valence-corrected chi connectivity index (χ1v) is 3.96. The monoisotopic (exact) mass is 232 g/mol. The summed E-state index contributed by atoms with van der Waals surface area (Å²) in [5.41, 5.74) is -2.09. The summed E-state index contributed by atoms with van der Waals surface area (Å²) in [6.45, 7) is 0. The molecule has 0 spiro atoms. The van der Waals surface area contributed by atoms with Crippen LogP contribution in [0.25, 0.3) is 0 Å². The van der Waals surface area contributed by atoms with E-state index in [-0.39, 0.29) is 0 Å². The van der Waals surface area contributed by atoms with E-state index in [2.05, 4.69) is 4.98 Å². The molecule has 0 bridgehead atoms. The van der Waals surface area contributed by atoms with Crippen molar-refractivity contribution in [3.63, 3.8) is 0 Å². The summed E-state index contributed by atoms with van der Waals surface area (Å²) < 4.78 is 24.9. The molecule has 0 aliphatic rings. The zero-order valence-electron chi connectivity index (χ0n) is 7.04. The third kappa shape index (κ3) is 2.02. The number of aromatic carboxylic acids is 1. The number of aromatic nitrogens is 1. The number of carboxylic acid groups (broad SMARTS) is 1. The van der Waals surface area contributed by atoms with Gasteiger partial charge in [-0.25, -0.2) is 18.6 Å². The summed E-state index contributed by atoms with van der Waals surface area (Å²) in [5, 5.41) is 16.6. The molecule has 7 heteroatoms. The van der Waals surface area contributed by atoms with Crippen LogP contribution in [0.1, 0.15) is 27.9 Å². The van der Waals surface area contributed by atoms with Gasteiger partial charge in [0, 0.05) is 6.20 Å². The predicted octanol–water partition coefficient (Wildman–Crippen LogP) is 2.24. The molecule has 4 nitrogen and oxygen atoms in total. The Balaban J connectivity index is 3.56. The zero-order valence-corrected chi connectivity index (χ0v) is 7.79. The highest BCUT2D eigenvalue weighted by atomic mass is 35.5. The van der Waals surface area contributed by atoms with Crippen LogP contribution in [-0.2, 0) is 0 Å². The quantitative estimate of drug-likeness (QED) is 0.794. The van der Waals surface area contributed by atoms with Crippen molar-refractivity contribution >= 4 is 17.6 Å². The van der Waals surface area contributed by atoms with Gasteiger partial charge < -0.3 is 5.11 Å². The minimum atomic E-state index is -3.04. The smallest absolute Gasteiger partial charge is 0.338 e. The lowest BCUT2D eigenvalue weighted by Gasteiger charge is -2.06. The summed E-state index contributed by atoms with van der Waals surface area (Å²) in [6, 6.07) is 1.38. The van der Waals surface area contributed by atoms with Crippen LogP contribution < -0.4 is 0 Å². The molecule has 1 aromatic heterocycles. The van der Waals surface area contributed by atoms with E-state index in [1.54, 1.807) is 0 Å². The molecular formula is C8H3ClF2N2O2. The van der Waals surface area contributed by atoms with Crippen LogP contribution in [-0.4, -0.2) is 16.1 Å². The number of carboxylic acids is 1. The number of pyridine rings is 1. The van der Waals surface area contributed by atoms with Gasteiger partial charge in [-0.1, -0.05) is 11.6 Å². The van der Waals surface area contributed by atoms with E-state index in [4.69, 9.17) is 22.0 Å². The first-order chi connectivity index (χ1) is 6.99. The van der Waals surface area contributed by atoms with Gasteiger partial charge in [0.15, 0.2) is 0 Å². The highest BCUT2D eigenvalue weighted by Gasteiger charge is 2.24. The molecule has 0 amide bonds. The average molecular weight is 233 g/mol. The molecule has 0 saturated heterocycles. The lowest BCUT2D eigenvalue weighted by Crippen LogP contribution is -2.06. The van der Waals surface area contributed by atoms with Crippen molar-refractivity contribution in [3.8, 4) is 6.07 Å². The van der Waals surface area contributed by atoms with Gasteiger partial charge >= 0.3 is 5.97 Å². The number of nitrogens with zero attached hydrogens (tertiary/aromatic N) is 2. The van der Waals surface area contributed by atoms with Crippen molar-refractivity contribution in [3.05, 3.63) is 28.0 Å². The number of nitriles is 1. The van der Waals surface area contributed by atoms with Crippen LogP contribution in [0, 0.1) is 11.3 Å². The van der Waals surface area contributed by atoms with Crippen molar-refractivity contribution in [1.82, 2.24) is 4.98 Å². The van der Waals surface area contributed by atoms with Crippen molar-refractivity contribution in [1.29, 1.82) is 5.26 Å². The summed E-state index contributed by atoms with van der Waals surface area (Å²) in [5.74, 6) is -1.50. The van der Waals surface area contributed by atoms with Gasteiger partial charge in [-0.2, -0.15) is 5.26 Å². The molecule has 1 heterocycles. The molecular weight excluding hydrogens is 230 g/mol. The van der Waals surface area contributed by atoms with Crippen molar-refractivity contribution in [2.24, 2.45) is 0 Å². The molecule has 1 N–H and O–H groups in total. The number of hydrogen-bond acceptors (Lipinski definition) is 3. The summed E-state index contributed by atoms with van der Waals surface area (Å²) in [4.78, 5) is 13.9. The molecule has 78 valence electrons. The van der Waals surface area contributed by atoms with E-state index in [1.807, 2.05) is 0 Å². The van der Waals surface area contributed by atoms with Crippen LogP contribution in [0.5, 0.6) is 0 Å². The van der Waals surface area contributed by atoms with Crippen LogP contribution >= 0.6 is 11.6 Å². The van der Waals surface area contributed by atoms with Gasteiger partial charge in [0.1, 0.15) is 11.2 Å². The van der Waals surface area contributed by atoms with E-state index >= 15 is 0 Å². The average Bonchev–Trinajstić information content (AvgIpc) is 2.15. The second-order valence-electron chi connectivity index (χ2n) is 2.47. The highest BCUT2D eigenvalue weighted by Crippen LogP contribution is 2.30. The standard InChI is InChI=1S/C8H3ClF2N2O2/c9-6-5(7(10)11)3(1-12)4(2-13-6)8(14)15/h2,7H,(H,14,15). The molecule has 0 unspecified atom stereocenters. The molecule has 0 atom stereocenters. The maximum Gasteiger partial charge on any atom is 0.338 e. The molecule has 0 fully saturated rings. The lowest BCUT2D eigenvalue weighted by atomic mass is 10.1. The van der Waals surface area contributed by atoms with Crippen molar-refractivity contribution in [2.75, 3.05) is 0 Å². The fourth-order valence-corrected chi connectivity index (χ4v) is 1.21. The minimum absolute atomic E-state index is 0.563. The molecule has 0 radical (unpaired) electrons. The zero-order chi connectivity index (χ0) is 11.6. The highest BCUT2D eigenvalue weighted by molar-refractivity contribution is 6.30. The second kappa shape index (κ2) is 4.19. The van der Waals surface area contributed by atoms with Gasteiger partial charge in [0.2, 0.25) is 0 Å². The predicted molar refractivity (Wildman–Crippen MR) is 45.9 cm³/mol. The van der Waals surface area contributed by atoms with Crippen LogP contribution in [0.15, 0.2) is 6.20 Å². The van der Waals surface area contributed by atoms with Crippen LogP contribution in [0.4, 0.5) is 8.78 Å². The maximum atomic E-state index is 12.5. The molecule has 1 aromatic rings. The summed E-state index contributed by atoms with van der Waals surface area (Å²) in [7, 11) is 0. The van der Waals surface area contributed by atoms with E-state index in [9.17, 15) is 13.6 Å². The SMILES string of the molecule is N#Cc1c(C(=O)O)cnc(Cl)c1C(F)F. The number of carbonyl (C=O) groups is 1. The van der Waals surface area contributed by atoms with E-state index in [0.717, 1.165) is 6.20 Å². The Morgan fingerprint density at radius 1 is 1.67 bits per heavy atom. The number of alkyl halides is 2. The van der Waals surface area contributed by atoms with Crippen molar-refractivity contribution < 1.29 is 18.7 Å². The first-order valence-electron chi connectivity index (χ1n) is 3.59. The minimum Gasteiger partial charge on any atom is -0.478 e. The molecule has 0 saturated carbocycles. The third-order valence-electron chi connectivity index (χ3n) is 1.63. The first kappa shape index (κ1) is 11.3. The fourth-order valence-electron chi connectivity index (χ4n) is 0.985. The van der Waals surface area contributed by atoms with Gasteiger partial charge in [-0.05, 0) is 0 Å². The lowest BCUT2D eigenvalue weighted by molar-refractivity contribution is 0.0695. The normalized spacial score (nSPS) is 10.1. The Kier molecular flexibility index (Phi) is 3.17. The van der Waals surface area contributed by atoms with Gasteiger partial charge in [0.05, 0.1) is 16.7 Å².